The number of pyridine rings is 1. The van der Waals surface area contributed by atoms with Crippen LogP contribution < -0.4 is 5.14 Å². The highest BCUT2D eigenvalue weighted by Gasteiger charge is 2.15. The molecule has 1 aromatic heterocycles. The van der Waals surface area contributed by atoms with Gasteiger partial charge in [0.05, 0.1) is 0 Å². The van der Waals surface area contributed by atoms with Gasteiger partial charge in [0, 0.05) is 11.9 Å². The van der Waals surface area contributed by atoms with Gasteiger partial charge >= 0.3 is 0 Å². The van der Waals surface area contributed by atoms with E-state index in [9.17, 15) is 8.42 Å². The van der Waals surface area contributed by atoms with Gasteiger partial charge < -0.3 is 0 Å². The molecule has 1 rings (SSSR count). The average molecular weight is 214 g/mol. The maximum absolute atomic E-state index is 11.2. The zero-order valence-electron chi connectivity index (χ0n) is 8.53. The number of hydrogen-bond donors (Lipinski definition) is 1. The summed E-state index contributed by atoms with van der Waals surface area (Å²) >= 11 is 0. The third-order valence-corrected chi connectivity index (χ3v) is 3.32. The molecule has 0 radical (unpaired) electrons. The Bertz CT molecular complexity index is 452. The van der Waals surface area contributed by atoms with E-state index >= 15 is 0 Å². The second-order valence-electron chi connectivity index (χ2n) is 3.21. The molecule has 0 amide bonds. The van der Waals surface area contributed by atoms with Crippen molar-refractivity contribution in [2.75, 3.05) is 0 Å². The van der Waals surface area contributed by atoms with Crippen LogP contribution in [0, 0.1) is 13.8 Å². The van der Waals surface area contributed by atoms with E-state index in [0.717, 1.165) is 17.7 Å². The number of nitrogens with zero attached hydrogens (tertiary/aromatic N) is 1. The zero-order chi connectivity index (χ0) is 10.9. The molecule has 0 aromatic carbocycles. The van der Waals surface area contributed by atoms with Crippen molar-refractivity contribution in [2.45, 2.75) is 32.1 Å². The van der Waals surface area contributed by atoms with E-state index in [0.29, 0.717) is 5.56 Å². The third-order valence-electron chi connectivity index (χ3n) is 2.29. The molecule has 5 heteroatoms. The number of aromatic nitrogens is 1. The fourth-order valence-electron chi connectivity index (χ4n) is 1.56. The third kappa shape index (κ3) is 1.93. The van der Waals surface area contributed by atoms with Crippen molar-refractivity contribution >= 4 is 10.0 Å². The summed E-state index contributed by atoms with van der Waals surface area (Å²) in [4.78, 5) is 4.14. The summed E-state index contributed by atoms with van der Waals surface area (Å²) < 4.78 is 22.3. The lowest BCUT2D eigenvalue weighted by atomic mass is 10.1. The highest BCUT2D eigenvalue weighted by molar-refractivity contribution is 7.89. The maximum Gasteiger partial charge on any atom is 0.239 e. The largest absolute Gasteiger partial charge is 0.260 e. The predicted molar refractivity (Wildman–Crippen MR) is 54.5 cm³/mol. The first kappa shape index (κ1) is 11.1. The summed E-state index contributed by atoms with van der Waals surface area (Å²) in [5.41, 5.74) is 2.52. The Labute approximate surface area is 84.2 Å². The number of primary sulfonamides is 1. The van der Waals surface area contributed by atoms with Crippen molar-refractivity contribution in [3.63, 3.8) is 0 Å². The molecule has 0 unspecified atom stereocenters. The van der Waals surface area contributed by atoms with Gasteiger partial charge in [0.2, 0.25) is 10.0 Å². The first-order chi connectivity index (χ1) is 6.38. The normalized spacial score (nSPS) is 11.7. The number of aryl methyl sites for hydroxylation is 1. The van der Waals surface area contributed by atoms with Crippen LogP contribution in [-0.4, -0.2) is 13.4 Å². The minimum absolute atomic E-state index is 0.125. The van der Waals surface area contributed by atoms with E-state index < -0.39 is 10.0 Å². The Balaban J connectivity index is 3.52. The quantitative estimate of drug-likeness (QED) is 0.795. The van der Waals surface area contributed by atoms with Crippen LogP contribution in [0.1, 0.15) is 23.7 Å². The standard InChI is InChI=1S/C9H14N2O2S/c1-4-8-6(2)9(14(10,12)13)5-11-7(8)3/h5H,4H2,1-3H3,(H2,10,12,13). The van der Waals surface area contributed by atoms with E-state index in [1.54, 1.807) is 6.92 Å². The molecule has 0 bridgehead atoms. The van der Waals surface area contributed by atoms with Gasteiger partial charge in [-0.25, -0.2) is 13.6 Å². The van der Waals surface area contributed by atoms with Crippen LogP contribution in [-0.2, 0) is 16.4 Å². The summed E-state index contributed by atoms with van der Waals surface area (Å²) in [6.07, 6.45) is 2.08. The average Bonchev–Trinajstić information content (AvgIpc) is 2.02. The maximum atomic E-state index is 11.2. The highest BCUT2D eigenvalue weighted by Crippen LogP contribution is 2.19. The Hall–Kier alpha value is -0.940. The van der Waals surface area contributed by atoms with Crippen LogP contribution in [0.2, 0.25) is 0 Å². The Morgan fingerprint density at radius 1 is 1.43 bits per heavy atom. The molecule has 0 aliphatic heterocycles. The van der Waals surface area contributed by atoms with Crippen molar-refractivity contribution in [3.8, 4) is 0 Å². The molecule has 0 spiro atoms. The highest BCUT2D eigenvalue weighted by atomic mass is 32.2. The summed E-state index contributed by atoms with van der Waals surface area (Å²) in [6, 6.07) is 0. The van der Waals surface area contributed by atoms with Gasteiger partial charge in [-0.2, -0.15) is 0 Å². The van der Waals surface area contributed by atoms with Crippen LogP contribution in [0.3, 0.4) is 0 Å². The van der Waals surface area contributed by atoms with E-state index in [-0.39, 0.29) is 4.90 Å². The van der Waals surface area contributed by atoms with E-state index in [2.05, 4.69) is 4.98 Å². The van der Waals surface area contributed by atoms with Gasteiger partial charge in [-0.1, -0.05) is 6.92 Å². The minimum Gasteiger partial charge on any atom is -0.260 e. The molecule has 0 aliphatic rings. The summed E-state index contributed by atoms with van der Waals surface area (Å²) in [5, 5.41) is 5.06. The first-order valence-electron chi connectivity index (χ1n) is 4.35. The minimum atomic E-state index is -3.65. The fourth-order valence-corrected chi connectivity index (χ4v) is 2.31. The molecule has 0 atom stereocenters. The second-order valence-corrected chi connectivity index (χ2v) is 4.74. The van der Waals surface area contributed by atoms with Crippen molar-refractivity contribution in [1.29, 1.82) is 0 Å². The summed E-state index contributed by atoms with van der Waals surface area (Å²) in [7, 11) is -3.65. The molecule has 0 aliphatic carbocycles. The molecule has 0 fully saturated rings. The van der Waals surface area contributed by atoms with Crippen molar-refractivity contribution in [3.05, 3.63) is 23.0 Å². The molecule has 4 nitrogen and oxygen atoms in total. The topological polar surface area (TPSA) is 73.0 Å². The monoisotopic (exact) mass is 214 g/mol. The molecule has 1 aromatic rings. The first-order valence-corrected chi connectivity index (χ1v) is 5.90. The molecule has 14 heavy (non-hydrogen) atoms. The number of hydrogen-bond acceptors (Lipinski definition) is 3. The van der Waals surface area contributed by atoms with Crippen molar-refractivity contribution in [1.82, 2.24) is 4.98 Å². The molecule has 1 heterocycles. The van der Waals surface area contributed by atoms with Crippen molar-refractivity contribution < 1.29 is 8.42 Å². The number of rotatable bonds is 2. The van der Waals surface area contributed by atoms with Crippen LogP contribution in [0.4, 0.5) is 0 Å². The smallest absolute Gasteiger partial charge is 0.239 e. The predicted octanol–water partition coefficient (Wildman–Crippen LogP) is 0.908. The zero-order valence-corrected chi connectivity index (χ0v) is 9.35. The molecule has 2 N–H and O–H groups in total. The number of sulfonamides is 1. The van der Waals surface area contributed by atoms with Crippen LogP contribution in [0.5, 0.6) is 0 Å². The Morgan fingerprint density at radius 3 is 2.43 bits per heavy atom. The number of nitrogens with two attached hydrogens (primary N) is 1. The Kier molecular flexibility index (Phi) is 2.92. The van der Waals surface area contributed by atoms with E-state index in [1.165, 1.54) is 6.20 Å². The second kappa shape index (κ2) is 3.67. The van der Waals surface area contributed by atoms with Gasteiger partial charge in [0.1, 0.15) is 4.90 Å². The molecular weight excluding hydrogens is 200 g/mol. The lowest BCUT2D eigenvalue weighted by Crippen LogP contribution is -2.15. The Morgan fingerprint density at radius 2 is 2.00 bits per heavy atom. The summed E-state index contributed by atoms with van der Waals surface area (Å²) in [5.74, 6) is 0. The van der Waals surface area contributed by atoms with Gasteiger partial charge in [-0.15, -0.1) is 0 Å². The summed E-state index contributed by atoms with van der Waals surface area (Å²) in [6.45, 7) is 5.58. The van der Waals surface area contributed by atoms with Crippen LogP contribution >= 0.6 is 0 Å². The lowest BCUT2D eigenvalue weighted by molar-refractivity contribution is 0.596. The van der Waals surface area contributed by atoms with Crippen molar-refractivity contribution in [2.24, 2.45) is 5.14 Å². The fraction of sp³-hybridized carbons (Fsp3) is 0.444. The lowest BCUT2D eigenvalue weighted by Gasteiger charge is -2.10. The van der Waals surface area contributed by atoms with E-state index in [4.69, 9.17) is 5.14 Å². The molecular formula is C9H14N2O2S. The van der Waals surface area contributed by atoms with Gasteiger partial charge in [-0.05, 0) is 31.4 Å². The van der Waals surface area contributed by atoms with Gasteiger partial charge in [-0.3, -0.25) is 4.98 Å². The van der Waals surface area contributed by atoms with Crippen LogP contribution in [0.25, 0.3) is 0 Å². The molecule has 0 saturated carbocycles. The molecule has 0 saturated heterocycles. The van der Waals surface area contributed by atoms with Gasteiger partial charge in [0.25, 0.3) is 0 Å². The SMILES string of the molecule is CCc1c(C)ncc(S(N)(=O)=O)c1C. The van der Waals surface area contributed by atoms with E-state index in [1.807, 2.05) is 13.8 Å². The van der Waals surface area contributed by atoms with Crippen LogP contribution in [0.15, 0.2) is 11.1 Å². The van der Waals surface area contributed by atoms with Gasteiger partial charge in [0.15, 0.2) is 0 Å². The molecule has 78 valence electrons.